The summed E-state index contributed by atoms with van der Waals surface area (Å²) in [5.41, 5.74) is 2.49. The van der Waals surface area contributed by atoms with Crippen molar-refractivity contribution in [3.8, 4) is 23.3 Å². The molecule has 1 amide bonds. The summed E-state index contributed by atoms with van der Waals surface area (Å²) in [6.45, 7) is 0.588. The average Bonchev–Trinajstić information content (AvgIpc) is 2.96. The van der Waals surface area contributed by atoms with E-state index in [4.69, 9.17) is 25.8 Å². The molecule has 4 rings (SSSR count). The molecule has 0 saturated heterocycles. The standard InChI is InChI=1S/C31H24ClFN2O4/c1-37-30-15-22(7-13-29(30)39-19-21-5-3-2-4-6-21)20-38-28-14-8-25(32)17-23(28)16-24(18-34)31(36)35-27-11-9-26(33)10-12-27/h2-17H,19-20H2,1H3,(H,35,36)/b24-16+. The number of nitriles is 1. The molecular weight excluding hydrogens is 519 g/mol. The summed E-state index contributed by atoms with van der Waals surface area (Å²) in [4.78, 5) is 12.7. The van der Waals surface area contributed by atoms with Crippen LogP contribution in [-0.4, -0.2) is 13.0 Å². The summed E-state index contributed by atoms with van der Waals surface area (Å²) in [5.74, 6) is 0.506. The Morgan fingerprint density at radius 2 is 1.59 bits per heavy atom. The van der Waals surface area contributed by atoms with Crippen LogP contribution >= 0.6 is 11.6 Å². The van der Waals surface area contributed by atoms with Crippen LogP contribution in [0.3, 0.4) is 0 Å². The lowest BCUT2D eigenvalue weighted by Crippen LogP contribution is -2.13. The lowest BCUT2D eigenvalue weighted by atomic mass is 10.1. The van der Waals surface area contributed by atoms with E-state index in [2.05, 4.69) is 5.32 Å². The van der Waals surface area contributed by atoms with Crippen LogP contribution in [-0.2, 0) is 18.0 Å². The topological polar surface area (TPSA) is 80.6 Å². The van der Waals surface area contributed by atoms with Crippen molar-refractivity contribution in [3.63, 3.8) is 0 Å². The van der Waals surface area contributed by atoms with E-state index in [-0.39, 0.29) is 12.2 Å². The molecule has 0 spiro atoms. The first kappa shape index (κ1) is 27.2. The highest BCUT2D eigenvalue weighted by molar-refractivity contribution is 6.30. The van der Waals surface area contributed by atoms with E-state index < -0.39 is 11.7 Å². The number of amides is 1. The second kappa shape index (κ2) is 13.1. The van der Waals surface area contributed by atoms with Gasteiger partial charge in [0, 0.05) is 16.3 Å². The van der Waals surface area contributed by atoms with Crippen LogP contribution in [0.2, 0.25) is 5.02 Å². The summed E-state index contributed by atoms with van der Waals surface area (Å²) in [5, 5.41) is 12.6. The van der Waals surface area contributed by atoms with Crippen molar-refractivity contribution in [2.45, 2.75) is 13.2 Å². The van der Waals surface area contributed by atoms with Gasteiger partial charge in [0.2, 0.25) is 0 Å². The smallest absolute Gasteiger partial charge is 0.266 e. The Morgan fingerprint density at radius 1 is 0.897 bits per heavy atom. The van der Waals surface area contributed by atoms with Gasteiger partial charge in [-0.05, 0) is 71.8 Å². The van der Waals surface area contributed by atoms with Crippen molar-refractivity contribution in [3.05, 3.63) is 124 Å². The van der Waals surface area contributed by atoms with E-state index >= 15 is 0 Å². The van der Waals surface area contributed by atoms with Gasteiger partial charge >= 0.3 is 0 Å². The normalized spacial score (nSPS) is 10.9. The summed E-state index contributed by atoms with van der Waals surface area (Å²) in [7, 11) is 1.57. The molecule has 0 fully saturated rings. The molecule has 8 heteroatoms. The minimum absolute atomic E-state index is 0.173. The maximum Gasteiger partial charge on any atom is 0.266 e. The fourth-order valence-corrected chi connectivity index (χ4v) is 3.80. The maximum atomic E-state index is 13.2. The Labute approximate surface area is 230 Å². The highest BCUT2D eigenvalue weighted by Crippen LogP contribution is 2.31. The zero-order valence-corrected chi connectivity index (χ0v) is 21.7. The first-order valence-corrected chi connectivity index (χ1v) is 12.3. The quantitative estimate of drug-likeness (QED) is 0.169. The van der Waals surface area contributed by atoms with Gasteiger partial charge in [0.1, 0.15) is 36.4 Å². The van der Waals surface area contributed by atoms with Crippen molar-refractivity contribution in [2.75, 3.05) is 12.4 Å². The summed E-state index contributed by atoms with van der Waals surface area (Å²) >= 11 is 6.18. The fraction of sp³-hybridized carbons (Fsp3) is 0.0968. The van der Waals surface area contributed by atoms with Crippen molar-refractivity contribution < 1.29 is 23.4 Å². The third-order valence-corrected chi connectivity index (χ3v) is 5.83. The first-order valence-electron chi connectivity index (χ1n) is 11.9. The SMILES string of the molecule is COc1cc(COc2ccc(Cl)cc2/C=C(\C#N)C(=O)Nc2ccc(F)cc2)ccc1OCc1ccccc1. The Morgan fingerprint density at radius 3 is 2.31 bits per heavy atom. The third kappa shape index (κ3) is 7.60. The molecule has 1 N–H and O–H groups in total. The molecule has 0 heterocycles. The van der Waals surface area contributed by atoms with E-state index in [9.17, 15) is 14.4 Å². The number of carbonyl (C=O) groups excluding carboxylic acids is 1. The Bertz CT molecular complexity index is 1520. The Kier molecular flexibility index (Phi) is 9.17. The number of hydrogen-bond acceptors (Lipinski definition) is 5. The van der Waals surface area contributed by atoms with E-state index in [0.717, 1.165) is 11.1 Å². The van der Waals surface area contributed by atoms with E-state index in [1.165, 1.54) is 30.3 Å². The lowest BCUT2D eigenvalue weighted by Gasteiger charge is -2.14. The molecule has 0 aliphatic heterocycles. The van der Waals surface area contributed by atoms with Crippen molar-refractivity contribution >= 4 is 29.3 Å². The van der Waals surface area contributed by atoms with Gasteiger partial charge in [-0.25, -0.2) is 4.39 Å². The lowest BCUT2D eigenvalue weighted by molar-refractivity contribution is -0.112. The van der Waals surface area contributed by atoms with Gasteiger partial charge in [-0.1, -0.05) is 48.0 Å². The number of rotatable bonds is 10. The molecule has 196 valence electrons. The number of benzene rings is 4. The number of nitrogens with zero attached hydrogens (tertiary/aromatic N) is 1. The molecule has 6 nitrogen and oxygen atoms in total. The molecule has 39 heavy (non-hydrogen) atoms. The van der Waals surface area contributed by atoms with Gasteiger partial charge in [0.15, 0.2) is 11.5 Å². The number of carbonyl (C=O) groups is 1. The predicted molar refractivity (Wildman–Crippen MR) is 148 cm³/mol. The van der Waals surface area contributed by atoms with Gasteiger partial charge in [0.25, 0.3) is 5.91 Å². The molecular formula is C31H24ClFN2O4. The number of hydrogen-bond donors (Lipinski definition) is 1. The molecule has 4 aromatic carbocycles. The van der Waals surface area contributed by atoms with E-state index in [1.54, 1.807) is 25.3 Å². The maximum absolute atomic E-state index is 13.2. The predicted octanol–water partition coefficient (Wildman–Crippen LogP) is 7.19. The van der Waals surface area contributed by atoms with E-state index in [0.29, 0.717) is 40.1 Å². The number of halogens is 2. The minimum atomic E-state index is -0.647. The molecule has 0 atom stereocenters. The van der Waals surface area contributed by atoms with Crippen LogP contribution in [0.15, 0.2) is 96.6 Å². The number of ether oxygens (including phenoxy) is 3. The van der Waals surface area contributed by atoms with E-state index in [1.807, 2.05) is 54.6 Å². The van der Waals surface area contributed by atoms with Crippen molar-refractivity contribution in [1.29, 1.82) is 5.26 Å². The molecule has 0 radical (unpaired) electrons. The average molecular weight is 543 g/mol. The Balaban J connectivity index is 1.48. The van der Waals surface area contributed by atoms with Gasteiger partial charge in [-0.3, -0.25) is 4.79 Å². The second-order valence-electron chi connectivity index (χ2n) is 8.36. The molecule has 0 aliphatic carbocycles. The van der Waals surface area contributed by atoms with Crippen LogP contribution < -0.4 is 19.5 Å². The second-order valence-corrected chi connectivity index (χ2v) is 8.80. The highest BCUT2D eigenvalue weighted by atomic mass is 35.5. The number of anilines is 1. The van der Waals surface area contributed by atoms with Gasteiger partial charge in [-0.2, -0.15) is 5.26 Å². The zero-order chi connectivity index (χ0) is 27.6. The van der Waals surface area contributed by atoms with Crippen LogP contribution in [0.25, 0.3) is 6.08 Å². The van der Waals surface area contributed by atoms with Crippen LogP contribution in [0, 0.1) is 17.1 Å². The molecule has 0 saturated carbocycles. The van der Waals surface area contributed by atoms with Gasteiger partial charge in [-0.15, -0.1) is 0 Å². The third-order valence-electron chi connectivity index (χ3n) is 5.60. The Hall–Kier alpha value is -4.80. The molecule has 0 unspecified atom stereocenters. The monoisotopic (exact) mass is 542 g/mol. The largest absolute Gasteiger partial charge is 0.493 e. The van der Waals surface area contributed by atoms with Gasteiger partial charge < -0.3 is 19.5 Å². The zero-order valence-electron chi connectivity index (χ0n) is 21.0. The summed E-state index contributed by atoms with van der Waals surface area (Å²) in [6.07, 6.45) is 1.39. The molecule has 0 aliphatic rings. The van der Waals surface area contributed by atoms with Crippen LogP contribution in [0.1, 0.15) is 16.7 Å². The summed E-state index contributed by atoms with van der Waals surface area (Å²) < 4.78 is 30.6. The van der Waals surface area contributed by atoms with Crippen molar-refractivity contribution in [1.82, 2.24) is 0 Å². The van der Waals surface area contributed by atoms with Crippen molar-refractivity contribution in [2.24, 2.45) is 0 Å². The molecule has 4 aromatic rings. The van der Waals surface area contributed by atoms with Gasteiger partial charge in [0.05, 0.1) is 7.11 Å². The summed E-state index contributed by atoms with van der Waals surface area (Å²) in [6, 6.07) is 27.4. The van der Waals surface area contributed by atoms with Crippen LogP contribution in [0.4, 0.5) is 10.1 Å². The minimum Gasteiger partial charge on any atom is -0.493 e. The van der Waals surface area contributed by atoms with Crippen LogP contribution in [0.5, 0.6) is 17.2 Å². The number of methoxy groups -OCH3 is 1. The highest BCUT2D eigenvalue weighted by Gasteiger charge is 2.13. The molecule has 0 bridgehead atoms. The first-order chi connectivity index (χ1) is 18.9. The fourth-order valence-electron chi connectivity index (χ4n) is 3.62. The number of nitrogens with one attached hydrogen (secondary N) is 1. The molecule has 0 aromatic heterocycles.